The third-order valence-electron chi connectivity index (χ3n) is 5.63. The first-order chi connectivity index (χ1) is 16.4. The largest absolute Gasteiger partial charge is 0.381 e. The number of amides is 1. The Kier molecular flexibility index (Phi) is 11.4. The molecule has 182 valence electrons. The van der Waals surface area contributed by atoms with Crippen molar-refractivity contribution in [3.8, 4) is 0 Å². The fourth-order valence-electron chi connectivity index (χ4n) is 3.88. The van der Waals surface area contributed by atoms with Crippen molar-refractivity contribution in [2.45, 2.75) is 40.5 Å². The van der Waals surface area contributed by atoms with E-state index < -0.39 is 0 Å². The topological polar surface area (TPSA) is 59.9 Å². The number of carbonyl (C=O) groups is 1. The predicted octanol–water partition coefficient (Wildman–Crippen LogP) is 6.21. The van der Waals surface area contributed by atoms with Gasteiger partial charge in [0.25, 0.3) is 5.91 Å². The molecular weight excluding hydrogens is 424 g/mol. The lowest BCUT2D eigenvalue weighted by molar-refractivity contribution is 0.0954. The number of allylic oxidation sites excluding steroid dienone is 7. The van der Waals surface area contributed by atoms with Gasteiger partial charge in [-0.1, -0.05) is 36.5 Å². The number of hydrogen-bond acceptors (Lipinski definition) is 4. The van der Waals surface area contributed by atoms with Crippen LogP contribution in [0, 0.1) is 6.92 Å². The van der Waals surface area contributed by atoms with Gasteiger partial charge in [-0.25, -0.2) is 0 Å². The molecule has 1 amide bonds. The average Bonchev–Trinajstić information content (AvgIpc) is 2.98. The molecule has 0 radical (unpaired) electrons. The van der Waals surface area contributed by atoms with Crippen LogP contribution < -0.4 is 5.32 Å². The van der Waals surface area contributed by atoms with Crippen molar-refractivity contribution in [1.29, 1.82) is 0 Å². The van der Waals surface area contributed by atoms with Gasteiger partial charge in [-0.15, -0.1) is 0 Å². The molecule has 1 aromatic rings. The van der Waals surface area contributed by atoms with Crippen LogP contribution in [0.5, 0.6) is 0 Å². The number of aliphatic imine (C=N–C) groups is 1. The summed E-state index contributed by atoms with van der Waals surface area (Å²) in [6.07, 6.45) is 14.2. The van der Waals surface area contributed by atoms with Crippen molar-refractivity contribution in [3.63, 3.8) is 0 Å². The SMILES string of the molecule is COC/C=C\C(=C/COC)CCNC(=O)c1ccc(N=C(C)C2=C(C)C=CCC=C2C)c(C)c1. The highest BCUT2D eigenvalue weighted by molar-refractivity contribution is 6.04. The summed E-state index contributed by atoms with van der Waals surface area (Å²) >= 11 is 0. The van der Waals surface area contributed by atoms with Crippen molar-refractivity contribution in [3.05, 3.63) is 88.1 Å². The number of aryl methyl sites for hydroxylation is 1. The van der Waals surface area contributed by atoms with E-state index in [4.69, 9.17) is 14.5 Å². The summed E-state index contributed by atoms with van der Waals surface area (Å²) in [5.74, 6) is -0.0893. The Morgan fingerprint density at radius 3 is 2.62 bits per heavy atom. The molecule has 0 fully saturated rings. The molecule has 0 spiro atoms. The number of ether oxygens (including phenoxy) is 2. The maximum atomic E-state index is 12.7. The third-order valence-corrected chi connectivity index (χ3v) is 5.63. The molecule has 5 heteroatoms. The highest BCUT2D eigenvalue weighted by Crippen LogP contribution is 2.26. The van der Waals surface area contributed by atoms with Gasteiger partial charge in [-0.2, -0.15) is 0 Å². The first kappa shape index (κ1) is 27.2. The second-order valence-corrected chi connectivity index (χ2v) is 8.38. The van der Waals surface area contributed by atoms with Crippen LogP contribution in [0.3, 0.4) is 0 Å². The van der Waals surface area contributed by atoms with Gasteiger partial charge in [-0.3, -0.25) is 9.79 Å². The number of methoxy groups -OCH3 is 2. The predicted molar refractivity (Wildman–Crippen MR) is 142 cm³/mol. The van der Waals surface area contributed by atoms with Crippen molar-refractivity contribution < 1.29 is 14.3 Å². The lowest BCUT2D eigenvalue weighted by Crippen LogP contribution is -2.24. The average molecular weight is 463 g/mol. The summed E-state index contributed by atoms with van der Waals surface area (Å²) in [6, 6.07) is 5.66. The van der Waals surface area contributed by atoms with E-state index in [2.05, 4.69) is 37.4 Å². The van der Waals surface area contributed by atoms with E-state index in [1.54, 1.807) is 14.2 Å². The van der Waals surface area contributed by atoms with E-state index in [0.29, 0.717) is 31.7 Å². The number of nitrogens with zero attached hydrogens (tertiary/aromatic N) is 1. The van der Waals surface area contributed by atoms with E-state index >= 15 is 0 Å². The van der Waals surface area contributed by atoms with Crippen LogP contribution in [0.2, 0.25) is 0 Å². The Morgan fingerprint density at radius 1 is 1.15 bits per heavy atom. The van der Waals surface area contributed by atoms with Gasteiger partial charge in [0.15, 0.2) is 0 Å². The molecule has 0 saturated heterocycles. The summed E-state index contributed by atoms with van der Waals surface area (Å²) in [5.41, 5.74) is 8.21. The molecule has 2 rings (SSSR count). The van der Waals surface area contributed by atoms with Crippen LogP contribution >= 0.6 is 0 Å². The van der Waals surface area contributed by atoms with E-state index in [1.165, 1.54) is 16.7 Å². The first-order valence-electron chi connectivity index (χ1n) is 11.7. The Labute approximate surface area is 204 Å². The van der Waals surface area contributed by atoms with Crippen LogP contribution in [0.25, 0.3) is 0 Å². The van der Waals surface area contributed by atoms with Crippen molar-refractivity contribution in [2.24, 2.45) is 4.99 Å². The maximum absolute atomic E-state index is 12.7. The minimum absolute atomic E-state index is 0.0893. The molecule has 0 bridgehead atoms. The van der Waals surface area contributed by atoms with Crippen molar-refractivity contribution >= 4 is 17.3 Å². The van der Waals surface area contributed by atoms with Gasteiger partial charge in [0.05, 0.1) is 18.9 Å². The number of rotatable bonds is 11. The molecule has 1 aromatic carbocycles. The molecule has 34 heavy (non-hydrogen) atoms. The number of hydrogen-bond donors (Lipinski definition) is 1. The molecule has 0 atom stereocenters. The van der Waals surface area contributed by atoms with E-state index in [0.717, 1.165) is 29.0 Å². The normalized spacial score (nSPS) is 15.1. The molecule has 0 aromatic heterocycles. The number of nitrogens with one attached hydrogen (secondary N) is 1. The van der Waals surface area contributed by atoms with Gasteiger partial charge < -0.3 is 14.8 Å². The smallest absolute Gasteiger partial charge is 0.251 e. The van der Waals surface area contributed by atoms with Crippen LogP contribution in [-0.4, -0.2) is 45.6 Å². The monoisotopic (exact) mass is 462 g/mol. The van der Waals surface area contributed by atoms with Crippen LogP contribution in [-0.2, 0) is 9.47 Å². The van der Waals surface area contributed by atoms with Gasteiger partial charge >= 0.3 is 0 Å². The Balaban J connectivity index is 2.07. The molecule has 1 aliphatic rings. The number of benzene rings is 1. The molecule has 0 unspecified atom stereocenters. The summed E-state index contributed by atoms with van der Waals surface area (Å²) in [4.78, 5) is 17.6. The Morgan fingerprint density at radius 2 is 1.91 bits per heavy atom. The molecule has 1 N–H and O–H groups in total. The lowest BCUT2D eigenvalue weighted by atomic mass is 9.98. The zero-order valence-corrected chi connectivity index (χ0v) is 21.4. The summed E-state index contributed by atoms with van der Waals surface area (Å²) in [6.45, 7) is 9.91. The van der Waals surface area contributed by atoms with E-state index in [9.17, 15) is 4.79 Å². The first-order valence-corrected chi connectivity index (χ1v) is 11.7. The van der Waals surface area contributed by atoms with Crippen molar-refractivity contribution in [1.82, 2.24) is 5.32 Å². The molecule has 0 heterocycles. The second kappa shape index (κ2) is 14.3. The van der Waals surface area contributed by atoms with Crippen LogP contribution in [0.1, 0.15) is 49.5 Å². The highest BCUT2D eigenvalue weighted by atomic mass is 16.5. The van der Waals surface area contributed by atoms with Crippen LogP contribution in [0.15, 0.2) is 81.9 Å². The molecule has 1 aliphatic carbocycles. The fourth-order valence-corrected chi connectivity index (χ4v) is 3.88. The number of carbonyl (C=O) groups excluding carboxylic acids is 1. The van der Waals surface area contributed by atoms with Gasteiger partial charge in [0, 0.05) is 37.6 Å². The Hall–Kier alpha value is -3.02. The summed E-state index contributed by atoms with van der Waals surface area (Å²) in [7, 11) is 3.32. The summed E-state index contributed by atoms with van der Waals surface area (Å²) < 4.78 is 10.2. The molecule has 5 nitrogen and oxygen atoms in total. The molecule has 0 aliphatic heterocycles. The summed E-state index contributed by atoms with van der Waals surface area (Å²) in [5, 5.41) is 3.01. The van der Waals surface area contributed by atoms with E-state index in [-0.39, 0.29) is 5.91 Å². The standard InChI is InChI=1S/C29H38N2O3/c1-21-10-7-8-11-22(2)28(21)24(4)31-27-14-13-26(20-23(27)3)29(32)30-17-15-25(16-19-34-6)12-9-18-33-5/h7,9-14,16,20H,8,15,17-19H2,1-6H3,(H,30,32)/b12-9-,25-16+,31-24?. The quantitative estimate of drug-likeness (QED) is 0.314. The molecule has 0 saturated carbocycles. The van der Waals surface area contributed by atoms with Gasteiger partial charge in [0.1, 0.15) is 0 Å². The Bertz CT molecular complexity index is 1040. The fraction of sp³-hybridized carbons (Fsp3) is 0.379. The maximum Gasteiger partial charge on any atom is 0.251 e. The zero-order valence-electron chi connectivity index (χ0n) is 21.4. The molecular formula is C29H38N2O3. The van der Waals surface area contributed by atoms with Gasteiger partial charge in [0.2, 0.25) is 0 Å². The highest BCUT2D eigenvalue weighted by Gasteiger charge is 2.12. The third kappa shape index (κ3) is 8.40. The minimum atomic E-state index is -0.0893. The van der Waals surface area contributed by atoms with E-state index in [1.807, 2.05) is 50.3 Å². The lowest BCUT2D eigenvalue weighted by Gasteiger charge is -2.12. The van der Waals surface area contributed by atoms with Crippen LogP contribution in [0.4, 0.5) is 5.69 Å². The minimum Gasteiger partial charge on any atom is -0.381 e. The second-order valence-electron chi connectivity index (χ2n) is 8.38. The van der Waals surface area contributed by atoms with Gasteiger partial charge in [-0.05, 0) is 81.0 Å². The van der Waals surface area contributed by atoms with Crippen molar-refractivity contribution in [2.75, 3.05) is 34.0 Å². The zero-order chi connectivity index (χ0) is 24.9.